The Labute approximate surface area is 211 Å². The zero-order valence-electron chi connectivity index (χ0n) is 20.9. The molecule has 0 aliphatic carbocycles. The fourth-order valence-electron chi connectivity index (χ4n) is 3.21. The Kier molecular flexibility index (Phi) is 9.44. The van der Waals surface area contributed by atoms with Crippen LogP contribution >= 0.6 is 0 Å². The summed E-state index contributed by atoms with van der Waals surface area (Å²) in [4.78, 5) is 18.2. The molecular formula is C28H34N4O4. The maximum atomic E-state index is 11.1. The van der Waals surface area contributed by atoms with Gasteiger partial charge in [-0.25, -0.2) is 4.98 Å². The maximum Gasteiger partial charge on any atom is 0.254 e. The van der Waals surface area contributed by atoms with Gasteiger partial charge in [-0.05, 0) is 62.7 Å². The number of hydrogen-bond donors (Lipinski definition) is 4. The molecule has 5 N–H and O–H groups in total. The van der Waals surface area contributed by atoms with E-state index in [9.17, 15) is 9.90 Å². The molecule has 1 amide bonds. The second kappa shape index (κ2) is 12.7. The number of β-amino-alcohol motifs (C(OH)–C–C–N with tert-alkyl or cyclic N) is 1. The number of fused-ring (bicyclic) bond motifs is 1. The number of aromatic nitrogens is 2. The van der Waals surface area contributed by atoms with Crippen LogP contribution in [0.2, 0.25) is 0 Å². The van der Waals surface area contributed by atoms with E-state index in [1.54, 1.807) is 30.5 Å². The van der Waals surface area contributed by atoms with Crippen LogP contribution in [0.25, 0.3) is 10.9 Å². The summed E-state index contributed by atoms with van der Waals surface area (Å²) in [7, 11) is 0. The predicted molar refractivity (Wildman–Crippen MR) is 141 cm³/mol. The maximum absolute atomic E-state index is 11.1. The van der Waals surface area contributed by atoms with Gasteiger partial charge in [-0.2, -0.15) is 0 Å². The molecular weight excluding hydrogens is 456 g/mol. The van der Waals surface area contributed by atoms with Gasteiger partial charge in [-0.1, -0.05) is 31.2 Å². The number of para-hydroxylation sites is 1. The number of carbonyl (C=O) groups is 1. The van der Waals surface area contributed by atoms with Crippen molar-refractivity contribution in [2.24, 2.45) is 5.73 Å². The third-order valence-electron chi connectivity index (χ3n) is 5.68. The molecule has 1 unspecified atom stereocenters. The number of primary amides is 1. The third kappa shape index (κ3) is 7.83. The summed E-state index contributed by atoms with van der Waals surface area (Å²) in [5, 5.41) is 14.4. The van der Waals surface area contributed by atoms with Gasteiger partial charge >= 0.3 is 0 Å². The molecule has 4 rings (SSSR count). The van der Waals surface area contributed by atoms with Crippen LogP contribution in [0.1, 0.15) is 37.6 Å². The van der Waals surface area contributed by atoms with E-state index in [0.29, 0.717) is 12.3 Å². The number of benzene rings is 2. The number of ether oxygens (including phenoxy) is 2. The van der Waals surface area contributed by atoms with Crippen molar-refractivity contribution in [3.63, 3.8) is 0 Å². The van der Waals surface area contributed by atoms with E-state index in [-0.39, 0.29) is 23.6 Å². The molecule has 4 aromatic rings. The lowest BCUT2D eigenvalue weighted by molar-refractivity contribution is 0.0992. The van der Waals surface area contributed by atoms with Gasteiger partial charge in [0.15, 0.2) is 0 Å². The van der Waals surface area contributed by atoms with Crippen molar-refractivity contribution in [3.05, 3.63) is 84.7 Å². The number of aliphatic hydroxyl groups excluding tert-OH is 1. The summed E-state index contributed by atoms with van der Waals surface area (Å²) in [6.07, 6.45) is 3.93. The SMILES string of the molecule is CCC(C)(C)NCC(O)COc1cccc2[nH]ccc12.NC(=O)c1cccnc1Oc1ccccc1. The third-order valence-corrected chi connectivity index (χ3v) is 5.68. The molecule has 2 heterocycles. The standard InChI is InChI=1S/C16H24N2O2.C12H10N2O2/c1-4-16(2,3)18-10-12(19)11-20-15-7-5-6-14-13(15)8-9-17-14;13-11(15)10-7-4-8-14-12(10)16-9-5-2-1-3-6-9/h5-9,12,17-19H,4,10-11H2,1-3H3;1-8H,(H2,13,15). The molecule has 0 aliphatic rings. The zero-order chi connectivity index (χ0) is 26.0. The summed E-state index contributed by atoms with van der Waals surface area (Å²) in [5.41, 5.74) is 6.57. The zero-order valence-corrected chi connectivity index (χ0v) is 20.9. The van der Waals surface area contributed by atoms with Crippen LogP contribution in [0.3, 0.4) is 0 Å². The Balaban J connectivity index is 0.000000205. The van der Waals surface area contributed by atoms with Crippen molar-refractivity contribution in [2.75, 3.05) is 13.2 Å². The van der Waals surface area contributed by atoms with Crippen molar-refractivity contribution >= 4 is 16.8 Å². The molecule has 2 aromatic carbocycles. The number of H-pyrrole nitrogens is 1. The number of aromatic amines is 1. The lowest BCUT2D eigenvalue weighted by Gasteiger charge is -2.26. The highest BCUT2D eigenvalue weighted by atomic mass is 16.5. The van der Waals surface area contributed by atoms with Crippen LogP contribution in [0.4, 0.5) is 0 Å². The Hall–Kier alpha value is -3.88. The second-order valence-corrected chi connectivity index (χ2v) is 8.91. The molecule has 0 saturated heterocycles. The van der Waals surface area contributed by atoms with Crippen LogP contribution in [0, 0.1) is 0 Å². The number of carbonyl (C=O) groups excluding carboxylic acids is 1. The molecule has 0 aliphatic heterocycles. The van der Waals surface area contributed by atoms with Crippen molar-refractivity contribution < 1.29 is 19.4 Å². The van der Waals surface area contributed by atoms with Crippen LogP contribution in [0.5, 0.6) is 17.4 Å². The Morgan fingerprint density at radius 3 is 2.61 bits per heavy atom. The van der Waals surface area contributed by atoms with Gasteiger partial charge in [0, 0.05) is 35.4 Å². The van der Waals surface area contributed by atoms with E-state index in [2.05, 4.69) is 36.1 Å². The van der Waals surface area contributed by atoms with Crippen molar-refractivity contribution in [3.8, 4) is 17.4 Å². The fourth-order valence-corrected chi connectivity index (χ4v) is 3.21. The average Bonchev–Trinajstić information content (AvgIpc) is 3.37. The van der Waals surface area contributed by atoms with Crippen LogP contribution in [0.15, 0.2) is 79.1 Å². The quantitative estimate of drug-likeness (QED) is 0.256. The molecule has 0 bridgehead atoms. The predicted octanol–water partition coefficient (Wildman–Crippen LogP) is 4.66. The first kappa shape index (κ1) is 26.7. The van der Waals surface area contributed by atoms with Gasteiger partial charge < -0.3 is 30.6 Å². The van der Waals surface area contributed by atoms with E-state index in [1.807, 2.05) is 48.7 Å². The van der Waals surface area contributed by atoms with Crippen LogP contribution in [-0.2, 0) is 0 Å². The summed E-state index contributed by atoms with van der Waals surface area (Å²) >= 11 is 0. The number of aliphatic hydroxyl groups is 1. The van der Waals surface area contributed by atoms with Gasteiger partial charge in [0.05, 0.1) is 0 Å². The van der Waals surface area contributed by atoms with Gasteiger partial charge in [-0.15, -0.1) is 0 Å². The van der Waals surface area contributed by atoms with Gasteiger partial charge in [-0.3, -0.25) is 4.79 Å². The van der Waals surface area contributed by atoms with Gasteiger partial charge in [0.2, 0.25) is 5.88 Å². The largest absolute Gasteiger partial charge is 0.490 e. The Morgan fingerprint density at radius 1 is 1.11 bits per heavy atom. The van der Waals surface area contributed by atoms with E-state index in [1.165, 1.54) is 0 Å². The van der Waals surface area contributed by atoms with Crippen LogP contribution in [-0.4, -0.2) is 45.8 Å². The summed E-state index contributed by atoms with van der Waals surface area (Å²) in [5.74, 6) is 1.08. The lowest BCUT2D eigenvalue weighted by Crippen LogP contribution is -2.44. The fraction of sp³-hybridized carbons (Fsp3) is 0.286. The summed E-state index contributed by atoms with van der Waals surface area (Å²) in [6.45, 7) is 7.20. The highest BCUT2D eigenvalue weighted by Crippen LogP contribution is 2.24. The van der Waals surface area contributed by atoms with Gasteiger partial charge in [0.1, 0.15) is 29.8 Å². The number of rotatable bonds is 10. The lowest BCUT2D eigenvalue weighted by atomic mass is 10.0. The molecule has 8 heteroatoms. The Morgan fingerprint density at radius 2 is 1.89 bits per heavy atom. The minimum absolute atomic E-state index is 0.0433. The number of nitrogens with zero attached hydrogens (tertiary/aromatic N) is 1. The average molecular weight is 491 g/mol. The van der Waals surface area contributed by atoms with Gasteiger partial charge in [0.25, 0.3) is 5.91 Å². The number of hydrogen-bond acceptors (Lipinski definition) is 6. The van der Waals surface area contributed by atoms with E-state index < -0.39 is 12.0 Å². The molecule has 190 valence electrons. The number of amides is 1. The van der Waals surface area contributed by atoms with E-state index in [0.717, 1.165) is 23.1 Å². The number of pyridine rings is 1. The molecule has 36 heavy (non-hydrogen) atoms. The second-order valence-electron chi connectivity index (χ2n) is 8.91. The van der Waals surface area contributed by atoms with E-state index >= 15 is 0 Å². The minimum Gasteiger partial charge on any atom is -0.490 e. The normalized spacial score (nSPS) is 11.9. The number of nitrogens with two attached hydrogens (primary N) is 1. The van der Waals surface area contributed by atoms with Crippen molar-refractivity contribution in [2.45, 2.75) is 38.8 Å². The molecule has 1 atom stereocenters. The van der Waals surface area contributed by atoms with Crippen LogP contribution < -0.4 is 20.5 Å². The first-order valence-corrected chi connectivity index (χ1v) is 11.9. The van der Waals surface area contributed by atoms with E-state index in [4.69, 9.17) is 15.2 Å². The highest BCUT2D eigenvalue weighted by Gasteiger charge is 2.16. The first-order chi connectivity index (χ1) is 17.3. The van der Waals surface area contributed by atoms with Crippen molar-refractivity contribution in [1.29, 1.82) is 0 Å². The monoisotopic (exact) mass is 490 g/mol. The molecule has 2 aromatic heterocycles. The topological polar surface area (TPSA) is 122 Å². The molecule has 0 spiro atoms. The molecule has 0 radical (unpaired) electrons. The molecule has 0 fully saturated rings. The highest BCUT2D eigenvalue weighted by molar-refractivity contribution is 5.95. The van der Waals surface area contributed by atoms with Crippen molar-refractivity contribution in [1.82, 2.24) is 15.3 Å². The minimum atomic E-state index is -0.556. The summed E-state index contributed by atoms with van der Waals surface area (Å²) < 4.78 is 11.2. The molecule has 0 saturated carbocycles. The first-order valence-electron chi connectivity index (χ1n) is 11.9. The Bertz CT molecular complexity index is 1240. The smallest absolute Gasteiger partial charge is 0.254 e. The number of nitrogens with one attached hydrogen (secondary N) is 2. The molecule has 8 nitrogen and oxygen atoms in total. The summed E-state index contributed by atoms with van der Waals surface area (Å²) in [6, 6.07) is 20.2.